The number of nitrogens with zero attached hydrogens (tertiary/aromatic N) is 3. The highest BCUT2D eigenvalue weighted by Gasteiger charge is 2.52. The molecule has 0 unspecified atom stereocenters. The molecular formula is C26H30N4O4. The summed E-state index contributed by atoms with van der Waals surface area (Å²) in [6.07, 6.45) is 4.36. The minimum atomic E-state index is -0.526. The minimum absolute atomic E-state index is 0.197. The molecule has 3 aromatic rings. The van der Waals surface area contributed by atoms with Gasteiger partial charge in [-0.15, -0.1) is 0 Å². The van der Waals surface area contributed by atoms with E-state index in [-0.39, 0.29) is 18.0 Å². The van der Waals surface area contributed by atoms with Crippen molar-refractivity contribution in [2.75, 3.05) is 12.4 Å². The van der Waals surface area contributed by atoms with Gasteiger partial charge < -0.3 is 9.47 Å². The Morgan fingerprint density at radius 1 is 1.03 bits per heavy atom. The van der Waals surface area contributed by atoms with Crippen LogP contribution in [0.5, 0.6) is 0 Å². The number of pyridine rings is 1. The van der Waals surface area contributed by atoms with Crippen molar-refractivity contribution in [3.63, 3.8) is 0 Å². The number of benzene rings is 1. The van der Waals surface area contributed by atoms with Crippen LogP contribution in [0.15, 0.2) is 48.8 Å². The van der Waals surface area contributed by atoms with Crippen LogP contribution in [0.2, 0.25) is 0 Å². The zero-order valence-corrected chi connectivity index (χ0v) is 20.2. The van der Waals surface area contributed by atoms with Crippen LogP contribution in [-0.4, -0.2) is 40.0 Å². The first kappa shape index (κ1) is 23.5. The Hall–Kier alpha value is -3.68. The van der Waals surface area contributed by atoms with Crippen molar-refractivity contribution in [1.82, 2.24) is 14.8 Å². The fraction of sp³-hybridized carbons (Fsp3) is 0.385. The van der Waals surface area contributed by atoms with Gasteiger partial charge in [-0.25, -0.2) is 4.79 Å². The predicted molar refractivity (Wildman–Crippen MR) is 129 cm³/mol. The number of hydrogen-bond acceptors (Lipinski definition) is 6. The lowest BCUT2D eigenvalue weighted by molar-refractivity contribution is -0.143. The number of hydrogen-bond donors (Lipinski definition) is 1. The van der Waals surface area contributed by atoms with Gasteiger partial charge in [-0.05, 0) is 42.9 Å². The van der Waals surface area contributed by atoms with Crippen LogP contribution < -0.4 is 5.32 Å². The molecule has 1 aliphatic carbocycles. The van der Waals surface area contributed by atoms with Crippen LogP contribution in [-0.2, 0) is 26.7 Å². The molecule has 0 aliphatic heterocycles. The van der Waals surface area contributed by atoms with Crippen molar-refractivity contribution in [2.24, 2.45) is 13.0 Å². The van der Waals surface area contributed by atoms with Crippen molar-refractivity contribution in [2.45, 2.75) is 45.1 Å². The number of carbonyl (C=O) groups is 2. The van der Waals surface area contributed by atoms with Gasteiger partial charge in [0.25, 0.3) is 0 Å². The van der Waals surface area contributed by atoms with E-state index in [1.54, 1.807) is 24.1 Å². The summed E-state index contributed by atoms with van der Waals surface area (Å²) in [5, 5.41) is 7.12. The first-order valence-electron chi connectivity index (χ1n) is 11.4. The number of aromatic nitrogens is 3. The molecule has 8 heteroatoms. The highest BCUT2D eigenvalue weighted by Crippen LogP contribution is 2.49. The van der Waals surface area contributed by atoms with E-state index < -0.39 is 11.5 Å². The third-order valence-corrected chi connectivity index (χ3v) is 6.52. The molecule has 0 spiro atoms. The van der Waals surface area contributed by atoms with Crippen molar-refractivity contribution >= 4 is 17.9 Å². The number of ether oxygens (including phenoxy) is 2. The Kier molecular flexibility index (Phi) is 6.41. The zero-order valence-electron chi connectivity index (χ0n) is 20.2. The number of aryl methyl sites for hydroxylation is 1. The van der Waals surface area contributed by atoms with E-state index in [4.69, 9.17) is 9.47 Å². The molecule has 4 rings (SSSR count). The number of anilines is 1. The quantitative estimate of drug-likeness (QED) is 0.500. The molecule has 34 heavy (non-hydrogen) atoms. The van der Waals surface area contributed by atoms with Crippen molar-refractivity contribution < 1.29 is 19.1 Å². The maximum absolute atomic E-state index is 12.4. The molecule has 1 N–H and O–H groups in total. The standard InChI is InChI=1S/C26H30N4O4/c1-16(2)17(3)34-25(32)29-23-21(15-28-30(23)4)18-6-8-19(9-7-18)22-11-10-20(14-27-22)26(12-13-26)24(31)33-5/h6-11,14-17H,12-13H2,1-5H3,(H,29,32)/t17-/m1/s1. The van der Waals surface area contributed by atoms with Gasteiger partial charge in [0.15, 0.2) is 0 Å². The number of amides is 1. The normalized spacial score (nSPS) is 15.0. The van der Waals surface area contributed by atoms with Crippen LogP contribution in [0.4, 0.5) is 10.6 Å². The number of rotatable bonds is 7. The lowest BCUT2D eigenvalue weighted by atomic mass is 9.97. The highest BCUT2D eigenvalue weighted by molar-refractivity contribution is 5.90. The second-order valence-corrected chi connectivity index (χ2v) is 9.09. The molecule has 0 bridgehead atoms. The summed E-state index contributed by atoms with van der Waals surface area (Å²) in [4.78, 5) is 29.0. The van der Waals surface area contributed by atoms with Crippen LogP contribution in [0, 0.1) is 5.92 Å². The van der Waals surface area contributed by atoms with Gasteiger partial charge in [-0.1, -0.05) is 44.2 Å². The van der Waals surface area contributed by atoms with E-state index in [0.29, 0.717) is 5.82 Å². The Morgan fingerprint density at radius 3 is 2.26 bits per heavy atom. The van der Waals surface area contributed by atoms with Crippen molar-refractivity contribution in [3.8, 4) is 22.4 Å². The van der Waals surface area contributed by atoms with Gasteiger partial charge in [0, 0.05) is 24.4 Å². The van der Waals surface area contributed by atoms with Crippen molar-refractivity contribution in [1.29, 1.82) is 0 Å². The van der Waals surface area contributed by atoms with Crippen molar-refractivity contribution in [3.05, 3.63) is 54.4 Å². The Labute approximate surface area is 199 Å². The largest absolute Gasteiger partial charge is 0.468 e. The molecular weight excluding hydrogens is 432 g/mol. The smallest absolute Gasteiger partial charge is 0.413 e. The number of nitrogens with one attached hydrogen (secondary N) is 1. The summed E-state index contributed by atoms with van der Waals surface area (Å²) >= 11 is 0. The molecule has 0 radical (unpaired) electrons. The molecule has 1 fully saturated rings. The Bertz CT molecular complexity index is 1180. The van der Waals surface area contributed by atoms with E-state index in [1.807, 2.05) is 57.2 Å². The van der Waals surface area contributed by atoms with Gasteiger partial charge in [-0.2, -0.15) is 5.10 Å². The molecule has 0 saturated heterocycles. The third kappa shape index (κ3) is 4.53. The maximum atomic E-state index is 12.4. The molecule has 1 atom stereocenters. The van der Waals surface area contributed by atoms with Gasteiger partial charge in [0.2, 0.25) is 0 Å². The lowest BCUT2D eigenvalue weighted by Crippen LogP contribution is -2.25. The summed E-state index contributed by atoms with van der Waals surface area (Å²) < 4.78 is 12.0. The summed E-state index contributed by atoms with van der Waals surface area (Å²) in [7, 11) is 3.19. The van der Waals surface area contributed by atoms with Crippen LogP contribution in [0.25, 0.3) is 22.4 Å². The number of esters is 1. The molecule has 2 aromatic heterocycles. The minimum Gasteiger partial charge on any atom is -0.468 e. The number of methoxy groups -OCH3 is 1. The maximum Gasteiger partial charge on any atom is 0.413 e. The van der Waals surface area contributed by atoms with Gasteiger partial charge in [0.05, 0.1) is 24.4 Å². The Morgan fingerprint density at radius 2 is 1.71 bits per heavy atom. The molecule has 1 aromatic carbocycles. The summed E-state index contributed by atoms with van der Waals surface area (Å²) in [6.45, 7) is 5.87. The average molecular weight is 463 g/mol. The van der Waals surface area contributed by atoms with E-state index in [2.05, 4.69) is 15.4 Å². The molecule has 1 saturated carbocycles. The Balaban J connectivity index is 1.51. The van der Waals surface area contributed by atoms with Gasteiger partial charge in [-0.3, -0.25) is 19.8 Å². The van der Waals surface area contributed by atoms with E-state index >= 15 is 0 Å². The monoisotopic (exact) mass is 462 g/mol. The summed E-state index contributed by atoms with van der Waals surface area (Å²) in [5.74, 6) is 0.589. The topological polar surface area (TPSA) is 95.3 Å². The molecule has 2 heterocycles. The van der Waals surface area contributed by atoms with Gasteiger partial charge >= 0.3 is 12.1 Å². The van der Waals surface area contributed by atoms with E-state index in [0.717, 1.165) is 40.8 Å². The SMILES string of the molecule is COC(=O)C1(c2ccc(-c3ccc(-c4cnn(C)c4NC(=O)O[C@H](C)C(C)C)cc3)nc2)CC1. The average Bonchev–Trinajstić information content (AvgIpc) is 3.58. The zero-order chi connectivity index (χ0) is 24.5. The summed E-state index contributed by atoms with van der Waals surface area (Å²) in [5.41, 5.74) is 3.82. The fourth-order valence-electron chi connectivity index (χ4n) is 3.83. The third-order valence-electron chi connectivity index (χ3n) is 6.52. The molecule has 1 amide bonds. The lowest BCUT2D eigenvalue weighted by Gasteiger charge is -2.17. The second kappa shape index (κ2) is 9.29. The van der Waals surface area contributed by atoms with Crippen LogP contribution >= 0.6 is 0 Å². The molecule has 8 nitrogen and oxygen atoms in total. The molecule has 1 aliphatic rings. The first-order valence-corrected chi connectivity index (χ1v) is 11.4. The summed E-state index contributed by atoms with van der Waals surface area (Å²) in [6, 6.07) is 11.8. The fourth-order valence-corrected chi connectivity index (χ4v) is 3.83. The molecule has 178 valence electrons. The van der Waals surface area contributed by atoms with Gasteiger partial charge in [0.1, 0.15) is 11.9 Å². The predicted octanol–water partition coefficient (Wildman–Crippen LogP) is 4.95. The van der Waals surface area contributed by atoms with Crippen LogP contribution in [0.3, 0.4) is 0 Å². The van der Waals surface area contributed by atoms with E-state index in [1.165, 1.54) is 7.11 Å². The second-order valence-electron chi connectivity index (χ2n) is 9.09. The van der Waals surface area contributed by atoms with Crippen LogP contribution in [0.1, 0.15) is 39.2 Å². The highest BCUT2D eigenvalue weighted by atomic mass is 16.6. The van der Waals surface area contributed by atoms with E-state index in [9.17, 15) is 9.59 Å². The number of carbonyl (C=O) groups excluding carboxylic acids is 2. The first-order chi connectivity index (χ1) is 16.2.